The van der Waals surface area contributed by atoms with Crippen LogP contribution in [0.15, 0.2) is 47.4 Å². The van der Waals surface area contributed by atoms with Gasteiger partial charge in [0, 0.05) is 23.7 Å². The second-order valence-corrected chi connectivity index (χ2v) is 8.12. The van der Waals surface area contributed by atoms with Gasteiger partial charge in [-0.1, -0.05) is 11.6 Å². The topological polar surface area (TPSA) is 54.5 Å². The Morgan fingerprint density at radius 2 is 1.67 bits per heavy atom. The fraction of sp³-hybridized carbons (Fsp3) is 0.188. The van der Waals surface area contributed by atoms with E-state index in [1.54, 1.807) is 0 Å². The van der Waals surface area contributed by atoms with Crippen LogP contribution in [0.5, 0.6) is 0 Å². The number of carbonyl (C=O) groups excluding carboxylic acids is 1. The summed E-state index contributed by atoms with van der Waals surface area (Å²) in [5.74, 6) is -2.69. The van der Waals surface area contributed by atoms with E-state index in [0.717, 1.165) is 12.1 Å². The third-order valence-electron chi connectivity index (χ3n) is 3.88. The van der Waals surface area contributed by atoms with Gasteiger partial charge in [0.2, 0.25) is 0 Å². The van der Waals surface area contributed by atoms with Crippen molar-refractivity contribution < 1.29 is 22.0 Å². The molecule has 126 valence electrons. The Bertz CT molecular complexity index is 894. The molecule has 0 aliphatic carbocycles. The van der Waals surface area contributed by atoms with E-state index in [9.17, 15) is 22.0 Å². The zero-order valence-corrected chi connectivity index (χ0v) is 13.8. The number of sulfone groups is 1. The van der Waals surface area contributed by atoms with Crippen molar-refractivity contribution in [3.63, 3.8) is 0 Å². The third-order valence-corrected chi connectivity index (χ3v) is 6.24. The van der Waals surface area contributed by atoms with Crippen molar-refractivity contribution in [1.82, 2.24) is 4.90 Å². The fourth-order valence-electron chi connectivity index (χ4n) is 2.43. The van der Waals surface area contributed by atoms with Gasteiger partial charge < -0.3 is 4.90 Å². The summed E-state index contributed by atoms with van der Waals surface area (Å²) in [6.45, 7) is 0.00553. The van der Waals surface area contributed by atoms with E-state index in [-0.39, 0.29) is 23.5 Å². The molecule has 24 heavy (non-hydrogen) atoms. The lowest BCUT2D eigenvalue weighted by molar-refractivity contribution is 0.0658. The SMILES string of the molecule is O=C(c1ccc(F)c(F)c1)N1CC(S(=O)(=O)c2ccc(Cl)cc2)C1. The van der Waals surface area contributed by atoms with E-state index in [1.807, 2.05) is 0 Å². The number of benzene rings is 2. The predicted octanol–water partition coefficient (Wildman–Crippen LogP) is 2.92. The van der Waals surface area contributed by atoms with Crippen LogP contribution < -0.4 is 0 Å². The minimum atomic E-state index is -3.57. The molecular formula is C16H12ClF2NO3S. The van der Waals surface area contributed by atoms with Crippen molar-refractivity contribution in [2.45, 2.75) is 10.1 Å². The molecule has 1 heterocycles. The molecule has 0 N–H and O–H groups in total. The van der Waals surface area contributed by atoms with E-state index < -0.39 is 32.6 Å². The maximum absolute atomic E-state index is 13.2. The summed E-state index contributed by atoms with van der Waals surface area (Å²) < 4.78 is 51.0. The molecule has 2 aromatic rings. The van der Waals surface area contributed by atoms with Crippen LogP contribution in [0.25, 0.3) is 0 Å². The van der Waals surface area contributed by atoms with Gasteiger partial charge in [-0.25, -0.2) is 17.2 Å². The van der Waals surface area contributed by atoms with Crippen molar-refractivity contribution in [3.8, 4) is 0 Å². The van der Waals surface area contributed by atoms with E-state index in [1.165, 1.54) is 35.2 Å². The first kappa shape index (κ1) is 16.9. The Morgan fingerprint density at radius 1 is 1.04 bits per heavy atom. The van der Waals surface area contributed by atoms with Crippen LogP contribution in [-0.4, -0.2) is 37.6 Å². The largest absolute Gasteiger partial charge is 0.336 e. The molecule has 1 saturated heterocycles. The molecule has 0 unspecified atom stereocenters. The standard InChI is InChI=1S/C16H12ClF2NO3S/c17-11-2-4-12(5-3-11)24(22,23)13-8-20(9-13)16(21)10-1-6-14(18)15(19)7-10/h1-7,13H,8-9H2. The number of halogens is 3. The number of carbonyl (C=O) groups is 1. The molecule has 0 bridgehead atoms. The summed E-state index contributed by atoms with van der Waals surface area (Å²) in [5.41, 5.74) is -0.0174. The first-order chi connectivity index (χ1) is 11.3. The molecule has 1 fully saturated rings. The van der Waals surface area contributed by atoms with E-state index in [4.69, 9.17) is 11.6 Å². The Morgan fingerprint density at radius 3 is 2.25 bits per heavy atom. The maximum Gasteiger partial charge on any atom is 0.254 e. The van der Waals surface area contributed by atoms with E-state index >= 15 is 0 Å². The normalized spacial score (nSPS) is 15.2. The molecule has 1 aliphatic rings. The molecule has 8 heteroatoms. The first-order valence-corrected chi connectivity index (χ1v) is 8.95. The number of likely N-dealkylation sites (tertiary alicyclic amines) is 1. The van der Waals surface area contributed by atoms with Gasteiger partial charge in [-0.2, -0.15) is 0 Å². The smallest absolute Gasteiger partial charge is 0.254 e. The molecule has 4 nitrogen and oxygen atoms in total. The molecule has 0 saturated carbocycles. The lowest BCUT2D eigenvalue weighted by Crippen LogP contribution is -2.56. The van der Waals surface area contributed by atoms with Crippen molar-refractivity contribution >= 4 is 27.3 Å². The number of nitrogens with zero attached hydrogens (tertiary/aromatic N) is 1. The Kier molecular flexibility index (Phi) is 4.31. The lowest BCUT2D eigenvalue weighted by atomic mass is 10.1. The van der Waals surface area contributed by atoms with Crippen LogP contribution in [0.4, 0.5) is 8.78 Å². The van der Waals surface area contributed by atoms with Crippen LogP contribution in [0.3, 0.4) is 0 Å². The molecule has 2 aromatic carbocycles. The second-order valence-electron chi connectivity index (χ2n) is 5.46. The van der Waals surface area contributed by atoms with Gasteiger partial charge in [0.25, 0.3) is 5.91 Å². The minimum absolute atomic E-state index is 0.00277. The van der Waals surface area contributed by atoms with Crippen molar-refractivity contribution in [3.05, 3.63) is 64.7 Å². The lowest BCUT2D eigenvalue weighted by Gasteiger charge is -2.38. The van der Waals surface area contributed by atoms with Crippen LogP contribution in [0, 0.1) is 11.6 Å². The van der Waals surface area contributed by atoms with Gasteiger partial charge >= 0.3 is 0 Å². The summed E-state index contributed by atoms with van der Waals surface area (Å²) in [6, 6.07) is 8.63. The van der Waals surface area contributed by atoms with Crippen LogP contribution in [0.1, 0.15) is 10.4 Å². The average Bonchev–Trinajstić information content (AvgIpc) is 2.48. The summed E-state index contributed by atoms with van der Waals surface area (Å²) in [6.07, 6.45) is 0. The fourth-order valence-corrected chi connectivity index (χ4v) is 4.21. The minimum Gasteiger partial charge on any atom is -0.336 e. The molecule has 0 radical (unpaired) electrons. The summed E-state index contributed by atoms with van der Waals surface area (Å²) in [7, 11) is -3.57. The highest BCUT2D eigenvalue weighted by Crippen LogP contribution is 2.26. The predicted molar refractivity (Wildman–Crippen MR) is 84.7 cm³/mol. The molecule has 1 amide bonds. The van der Waals surface area contributed by atoms with Gasteiger partial charge in [-0.15, -0.1) is 0 Å². The third kappa shape index (κ3) is 3.01. The first-order valence-electron chi connectivity index (χ1n) is 7.03. The Labute approximate surface area is 142 Å². The summed E-state index contributed by atoms with van der Waals surface area (Å²) in [4.78, 5) is 13.6. The number of rotatable bonds is 3. The maximum atomic E-state index is 13.2. The monoisotopic (exact) mass is 371 g/mol. The number of amides is 1. The van der Waals surface area contributed by atoms with Gasteiger partial charge in [-0.3, -0.25) is 4.79 Å². The van der Waals surface area contributed by atoms with Gasteiger partial charge in [-0.05, 0) is 42.5 Å². The van der Waals surface area contributed by atoms with Crippen LogP contribution >= 0.6 is 11.6 Å². The summed E-state index contributed by atoms with van der Waals surface area (Å²) >= 11 is 5.74. The second kappa shape index (κ2) is 6.14. The van der Waals surface area contributed by atoms with Crippen molar-refractivity contribution in [1.29, 1.82) is 0 Å². The Hall–Kier alpha value is -1.99. The Balaban J connectivity index is 1.71. The zero-order chi connectivity index (χ0) is 17.5. The van der Waals surface area contributed by atoms with Gasteiger partial charge in [0.15, 0.2) is 21.5 Å². The zero-order valence-electron chi connectivity index (χ0n) is 12.2. The molecule has 3 rings (SSSR count). The van der Waals surface area contributed by atoms with E-state index in [2.05, 4.69) is 0 Å². The average molecular weight is 372 g/mol. The quantitative estimate of drug-likeness (QED) is 0.833. The van der Waals surface area contributed by atoms with Crippen LogP contribution in [-0.2, 0) is 9.84 Å². The van der Waals surface area contributed by atoms with Crippen molar-refractivity contribution in [2.75, 3.05) is 13.1 Å². The molecule has 0 atom stereocenters. The van der Waals surface area contributed by atoms with E-state index in [0.29, 0.717) is 5.02 Å². The molecule has 0 aromatic heterocycles. The highest BCUT2D eigenvalue weighted by Gasteiger charge is 2.40. The van der Waals surface area contributed by atoms with Gasteiger partial charge in [0.05, 0.1) is 4.90 Å². The highest BCUT2D eigenvalue weighted by atomic mass is 35.5. The molecular weight excluding hydrogens is 360 g/mol. The van der Waals surface area contributed by atoms with Gasteiger partial charge in [0.1, 0.15) is 5.25 Å². The van der Waals surface area contributed by atoms with Crippen molar-refractivity contribution in [2.24, 2.45) is 0 Å². The molecule has 0 spiro atoms. The van der Waals surface area contributed by atoms with Crippen LogP contribution in [0.2, 0.25) is 5.02 Å². The molecule has 1 aliphatic heterocycles. The summed E-state index contributed by atoms with van der Waals surface area (Å²) in [5, 5.41) is -0.300. The highest BCUT2D eigenvalue weighted by molar-refractivity contribution is 7.92. The number of hydrogen-bond acceptors (Lipinski definition) is 3. The number of hydrogen-bond donors (Lipinski definition) is 0.